The van der Waals surface area contributed by atoms with Crippen LogP contribution >= 0.6 is 11.6 Å². The van der Waals surface area contributed by atoms with Gasteiger partial charge in [-0.05, 0) is 30.3 Å². The van der Waals surface area contributed by atoms with E-state index >= 15 is 0 Å². The zero-order valence-corrected chi connectivity index (χ0v) is 11.3. The van der Waals surface area contributed by atoms with E-state index in [2.05, 4.69) is 0 Å². The zero-order chi connectivity index (χ0) is 14.0. The summed E-state index contributed by atoms with van der Waals surface area (Å²) in [7, 11) is 3.33. The van der Waals surface area contributed by atoms with Gasteiger partial charge in [0.15, 0.2) is 12.0 Å². The van der Waals surface area contributed by atoms with Crippen LogP contribution < -0.4 is 0 Å². The first-order chi connectivity index (χ1) is 9.02. The van der Waals surface area contributed by atoms with E-state index in [0.717, 1.165) is 0 Å². The second kappa shape index (κ2) is 5.28. The highest BCUT2D eigenvalue weighted by Crippen LogP contribution is 2.29. The molecule has 2 rings (SSSR count). The molecule has 0 aliphatic heterocycles. The van der Waals surface area contributed by atoms with Gasteiger partial charge in [-0.15, -0.1) is 0 Å². The number of hydrogen-bond acceptors (Lipinski definition) is 3. The second-order valence-electron chi connectivity index (χ2n) is 4.21. The molecule has 2 aromatic rings. The van der Waals surface area contributed by atoms with Crippen LogP contribution in [0, 0.1) is 0 Å². The van der Waals surface area contributed by atoms with Gasteiger partial charge < -0.3 is 9.32 Å². The van der Waals surface area contributed by atoms with Crippen molar-refractivity contribution in [3.8, 4) is 11.3 Å². The van der Waals surface area contributed by atoms with Crippen LogP contribution in [-0.4, -0.2) is 31.2 Å². The molecule has 1 aromatic carbocycles. The molecule has 0 bridgehead atoms. The second-order valence-corrected chi connectivity index (χ2v) is 4.65. The number of aldehydes is 1. The van der Waals surface area contributed by atoms with Crippen molar-refractivity contribution in [3.05, 3.63) is 46.7 Å². The van der Waals surface area contributed by atoms with Crippen molar-refractivity contribution < 1.29 is 14.0 Å². The first kappa shape index (κ1) is 13.4. The van der Waals surface area contributed by atoms with E-state index < -0.39 is 0 Å². The standard InChI is InChI=1S/C14H12ClNO3/c1-16(2)14(18)11-5-3-9(15)7-12(11)13-6-4-10(8-17)19-13/h3-8H,1-2H3. The summed E-state index contributed by atoms with van der Waals surface area (Å²) in [4.78, 5) is 24.2. The normalized spacial score (nSPS) is 10.3. The fourth-order valence-corrected chi connectivity index (χ4v) is 1.88. The molecule has 0 spiro atoms. The molecule has 0 radical (unpaired) electrons. The Labute approximate surface area is 115 Å². The van der Waals surface area contributed by atoms with Crippen LogP contribution in [0.15, 0.2) is 34.7 Å². The van der Waals surface area contributed by atoms with E-state index in [9.17, 15) is 9.59 Å². The zero-order valence-electron chi connectivity index (χ0n) is 10.5. The largest absolute Gasteiger partial charge is 0.453 e. The number of amides is 1. The smallest absolute Gasteiger partial charge is 0.254 e. The molecule has 0 saturated carbocycles. The van der Waals surface area contributed by atoms with Crippen molar-refractivity contribution >= 4 is 23.8 Å². The number of rotatable bonds is 3. The van der Waals surface area contributed by atoms with Crippen molar-refractivity contribution in [2.75, 3.05) is 14.1 Å². The Bertz CT molecular complexity index is 631. The number of carbonyl (C=O) groups excluding carboxylic acids is 2. The van der Waals surface area contributed by atoms with Gasteiger partial charge in [-0.25, -0.2) is 0 Å². The highest BCUT2D eigenvalue weighted by molar-refractivity contribution is 6.31. The van der Waals surface area contributed by atoms with Crippen LogP contribution in [0.5, 0.6) is 0 Å². The molecule has 1 amide bonds. The maximum absolute atomic E-state index is 12.1. The van der Waals surface area contributed by atoms with Crippen molar-refractivity contribution in [1.29, 1.82) is 0 Å². The summed E-state index contributed by atoms with van der Waals surface area (Å²) in [5.41, 5.74) is 1.04. The van der Waals surface area contributed by atoms with Gasteiger partial charge in [0.1, 0.15) is 5.76 Å². The molecular weight excluding hydrogens is 266 g/mol. The molecule has 0 aliphatic rings. The molecule has 0 atom stereocenters. The van der Waals surface area contributed by atoms with Crippen molar-refractivity contribution in [2.45, 2.75) is 0 Å². The summed E-state index contributed by atoms with van der Waals surface area (Å²) in [5, 5.41) is 0.495. The summed E-state index contributed by atoms with van der Waals surface area (Å²) < 4.78 is 5.35. The number of hydrogen-bond donors (Lipinski definition) is 0. The number of benzene rings is 1. The minimum Gasteiger partial charge on any atom is -0.453 e. The summed E-state index contributed by atoms with van der Waals surface area (Å²) in [6.07, 6.45) is 0.613. The van der Waals surface area contributed by atoms with Gasteiger partial charge in [0.25, 0.3) is 5.91 Å². The Kier molecular flexibility index (Phi) is 3.71. The van der Waals surface area contributed by atoms with Crippen LogP contribution in [0.3, 0.4) is 0 Å². The molecule has 0 N–H and O–H groups in total. The number of carbonyl (C=O) groups is 2. The Morgan fingerprint density at radius 1 is 1.26 bits per heavy atom. The molecular formula is C14H12ClNO3. The van der Waals surface area contributed by atoms with Gasteiger partial charge in [-0.3, -0.25) is 9.59 Å². The lowest BCUT2D eigenvalue weighted by Crippen LogP contribution is -2.22. The van der Waals surface area contributed by atoms with E-state index in [1.165, 1.54) is 4.90 Å². The van der Waals surface area contributed by atoms with Crippen molar-refractivity contribution in [3.63, 3.8) is 0 Å². The Morgan fingerprint density at radius 3 is 2.58 bits per heavy atom. The Hall–Kier alpha value is -2.07. The predicted molar refractivity (Wildman–Crippen MR) is 72.6 cm³/mol. The molecule has 4 nitrogen and oxygen atoms in total. The number of nitrogens with zero attached hydrogens (tertiary/aromatic N) is 1. The summed E-state index contributed by atoms with van der Waals surface area (Å²) in [6, 6.07) is 8.12. The molecule has 0 fully saturated rings. The fraction of sp³-hybridized carbons (Fsp3) is 0.143. The topological polar surface area (TPSA) is 50.5 Å². The minimum atomic E-state index is -0.157. The third kappa shape index (κ3) is 2.69. The van der Waals surface area contributed by atoms with Gasteiger partial charge in [-0.2, -0.15) is 0 Å². The Morgan fingerprint density at radius 2 is 2.00 bits per heavy atom. The third-order valence-corrected chi connectivity index (χ3v) is 2.86. The van der Waals surface area contributed by atoms with Gasteiger partial charge >= 0.3 is 0 Å². The highest BCUT2D eigenvalue weighted by atomic mass is 35.5. The first-order valence-corrected chi connectivity index (χ1v) is 5.97. The quantitative estimate of drug-likeness (QED) is 0.810. The lowest BCUT2D eigenvalue weighted by Gasteiger charge is -2.13. The van der Waals surface area contributed by atoms with Gasteiger partial charge in [0.2, 0.25) is 0 Å². The van der Waals surface area contributed by atoms with Gasteiger partial charge in [-0.1, -0.05) is 11.6 Å². The van der Waals surface area contributed by atoms with Crippen molar-refractivity contribution in [2.24, 2.45) is 0 Å². The van der Waals surface area contributed by atoms with E-state index in [-0.39, 0.29) is 11.7 Å². The van der Waals surface area contributed by atoms with Crippen LogP contribution in [0.1, 0.15) is 20.9 Å². The SMILES string of the molecule is CN(C)C(=O)c1ccc(Cl)cc1-c1ccc(C=O)o1. The maximum atomic E-state index is 12.1. The predicted octanol–water partition coefficient (Wildman–Crippen LogP) is 3.11. The summed E-state index contributed by atoms with van der Waals surface area (Å²) in [6.45, 7) is 0. The van der Waals surface area contributed by atoms with E-state index in [0.29, 0.717) is 28.2 Å². The molecule has 5 heteroatoms. The van der Waals surface area contributed by atoms with Crippen LogP contribution in [0.25, 0.3) is 11.3 Å². The number of furan rings is 1. The van der Waals surface area contributed by atoms with Crippen LogP contribution in [0.4, 0.5) is 0 Å². The lowest BCUT2D eigenvalue weighted by molar-refractivity contribution is 0.0828. The van der Waals surface area contributed by atoms with Gasteiger partial charge in [0, 0.05) is 24.7 Å². The molecule has 0 unspecified atom stereocenters. The molecule has 1 aromatic heterocycles. The Balaban J connectivity index is 2.57. The monoisotopic (exact) mass is 277 g/mol. The van der Waals surface area contributed by atoms with Crippen molar-refractivity contribution in [1.82, 2.24) is 4.90 Å². The highest BCUT2D eigenvalue weighted by Gasteiger charge is 2.17. The molecule has 19 heavy (non-hydrogen) atoms. The van der Waals surface area contributed by atoms with E-state index in [1.54, 1.807) is 44.4 Å². The first-order valence-electron chi connectivity index (χ1n) is 5.59. The minimum absolute atomic E-state index is 0.157. The summed E-state index contributed by atoms with van der Waals surface area (Å²) >= 11 is 5.96. The average molecular weight is 278 g/mol. The molecule has 0 saturated heterocycles. The van der Waals surface area contributed by atoms with Gasteiger partial charge in [0.05, 0.1) is 5.56 Å². The van der Waals surface area contributed by atoms with Crippen LogP contribution in [0.2, 0.25) is 5.02 Å². The van der Waals surface area contributed by atoms with E-state index in [4.69, 9.17) is 16.0 Å². The molecule has 98 valence electrons. The average Bonchev–Trinajstić information content (AvgIpc) is 2.86. The fourth-order valence-electron chi connectivity index (χ4n) is 1.71. The molecule has 1 heterocycles. The van der Waals surface area contributed by atoms with E-state index in [1.807, 2.05) is 0 Å². The summed E-state index contributed by atoms with van der Waals surface area (Å²) in [5.74, 6) is 0.490. The van der Waals surface area contributed by atoms with Crippen LogP contribution in [-0.2, 0) is 0 Å². The lowest BCUT2D eigenvalue weighted by atomic mass is 10.0. The number of halogens is 1. The molecule has 0 aliphatic carbocycles. The third-order valence-electron chi connectivity index (χ3n) is 2.63. The maximum Gasteiger partial charge on any atom is 0.254 e.